The standard InChI is InChI=1S/C26H25N3O6/c1-33-14-13-27-24(30)21-9-7-20(8-10-21)22-4-2-3-19(15-22)17-34-23-11-5-18(6-12-23)16-29-25(31)28-26(32)35-29/h2-12,15H,13-14,16-17H2,1H3,(H,27,30)(H,28,31,32). The summed E-state index contributed by atoms with van der Waals surface area (Å²) in [6.07, 6.45) is 0. The molecule has 0 spiro atoms. The quantitative estimate of drug-likeness (QED) is 0.341. The van der Waals surface area contributed by atoms with E-state index in [1.165, 1.54) is 0 Å². The molecule has 0 aliphatic carbocycles. The van der Waals surface area contributed by atoms with E-state index in [9.17, 15) is 14.4 Å². The lowest BCUT2D eigenvalue weighted by atomic mass is 10.0. The molecule has 0 bridgehead atoms. The fourth-order valence-electron chi connectivity index (χ4n) is 3.47. The number of aromatic nitrogens is 2. The number of rotatable bonds is 10. The number of amides is 1. The maximum Gasteiger partial charge on any atom is 0.440 e. The van der Waals surface area contributed by atoms with Gasteiger partial charge in [0.1, 0.15) is 12.4 Å². The Morgan fingerprint density at radius 2 is 1.74 bits per heavy atom. The minimum absolute atomic E-state index is 0.133. The van der Waals surface area contributed by atoms with E-state index in [2.05, 4.69) is 5.32 Å². The molecule has 0 unspecified atom stereocenters. The van der Waals surface area contributed by atoms with Gasteiger partial charge >= 0.3 is 11.4 Å². The maximum atomic E-state index is 12.2. The number of carbonyl (C=O) groups is 1. The van der Waals surface area contributed by atoms with Crippen molar-refractivity contribution in [2.24, 2.45) is 0 Å². The summed E-state index contributed by atoms with van der Waals surface area (Å²) in [5.74, 6) is -0.242. The number of H-pyrrole nitrogens is 1. The van der Waals surface area contributed by atoms with Gasteiger partial charge in [0.15, 0.2) is 0 Å². The van der Waals surface area contributed by atoms with Crippen LogP contribution in [0.15, 0.2) is 86.9 Å². The predicted molar refractivity (Wildman–Crippen MR) is 130 cm³/mol. The Labute approximate surface area is 200 Å². The first kappa shape index (κ1) is 23.8. The van der Waals surface area contributed by atoms with Gasteiger partial charge in [-0.1, -0.05) is 42.5 Å². The van der Waals surface area contributed by atoms with Crippen LogP contribution in [0.5, 0.6) is 5.75 Å². The number of hydrogen-bond donors (Lipinski definition) is 2. The number of hydrogen-bond acceptors (Lipinski definition) is 6. The third-order valence-electron chi connectivity index (χ3n) is 5.28. The maximum absolute atomic E-state index is 12.2. The summed E-state index contributed by atoms with van der Waals surface area (Å²) in [7, 11) is 1.59. The molecule has 3 aromatic carbocycles. The topological polar surface area (TPSA) is 116 Å². The third-order valence-corrected chi connectivity index (χ3v) is 5.28. The van der Waals surface area contributed by atoms with Gasteiger partial charge in [-0.2, -0.15) is 0 Å². The molecule has 1 amide bonds. The van der Waals surface area contributed by atoms with Crippen LogP contribution in [0.25, 0.3) is 11.1 Å². The second-order valence-corrected chi connectivity index (χ2v) is 7.80. The Balaban J connectivity index is 1.35. The number of nitrogens with one attached hydrogen (secondary N) is 2. The highest BCUT2D eigenvalue weighted by atomic mass is 16.5. The zero-order valence-corrected chi connectivity index (χ0v) is 19.2. The van der Waals surface area contributed by atoms with Crippen molar-refractivity contribution in [1.82, 2.24) is 15.0 Å². The number of nitrogens with zero attached hydrogens (tertiary/aromatic N) is 1. The Morgan fingerprint density at radius 1 is 0.971 bits per heavy atom. The SMILES string of the molecule is COCCNC(=O)c1ccc(-c2cccc(COc3ccc(Cn4oc(=O)[nH]c4=O)cc3)c2)cc1. The largest absolute Gasteiger partial charge is 0.489 e. The van der Waals surface area contributed by atoms with Crippen molar-refractivity contribution in [2.75, 3.05) is 20.3 Å². The van der Waals surface area contributed by atoms with Crippen LogP contribution in [-0.4, -0.2) is 35.9 Å². The number of ether oxygens (including phenoxy) is 2. The fourth-order valence-corrected chi connectivity index (χ4v) is 3.47. The van der Waals surface area contributed by atoms with Crippen LogP contribution in [0.4, 0.5) is 0 Å². The molecule has 180 valence electrons. The van der Waals surface area contributed by atoms with E-state index in [-0.39, 0.29) is 12.5 Å². The number of carbonyl (C=O) groups excluding carboxylic acids is 1. The molecule has 35 heavy (non-hydrogen) atoms. The smallest absolute Gasteiger partial charge is 0.440 e. The van der Waals surface area contributed by atoms with Crippen molar-refractivity contribution in [3.8, 4) is 16.9 Å². The first-order chi connectivity index (χ1) is 17.0. The highest BCUT2D eigenvalue weighted by Gasteiger charge is 2.07. The lowest BCUT2D eigenvalue weighted by Gasteiger charge is -2.10. The van der Waals surface area contributed by atoms with Gasteiger partial charge in [0.25, 0.3) is 5.91 Å². The van der Waals surface area contributed by atoms with E-state index in [4.69, 9.17) is 14.0 Å². The summed E-state index contributed by atoms with van der Waals surface area (Å²) in [6.45, 7) is 1.46. The summed E-state index contributed by atoms with van der Waals surface area (Å²) in [5.41, 5.74) is 3.81. The summed E-state index contributed by atoms with van der Waals surface area (Å²) < 4.78 is 16.6. The molecule has 0 saturated carbocycles. The van der Waals surface area contributed by atoms with Crippen molar-refractivity contribution in [3.63, 3.8) is 0 Å². The van der Waals surface area contributed by atoms with Gasteiger partial charge in [-0.15, -0.1) is 4.74 Å². The molecule has 9 nitrogen and oxygen atoms in total. The molecule has 0 aliphatic heterocycles. The van der Waals surface area contributed by atoms with Crippen LogP contribution in [-0.2, 0) is 17.9 Å². The Kier molecular flexibility index (Phi) is 7.59. The first-order valence-corrected chi connectivity index (χ1v) is 11.0. The Bertz CT molecular complexity index is 1380. The van der Waals surface area contributed by atoms with Crippen LogP contribution >= 0.6 is 0 Å². The first-order valence-electron chi connectivity index (χ1n) is 11.0. The highest BCUT2D eigenvalue weighted by Crippen LogP contribution is 2.22. The zero-order chi connectivity index (χ0) is 24.6. The van der Waals surface area contributed by atoms with Gasteiger partial charge in [0, 0.05) is 19.2 Å². The van der Waals surface area contributed by atoms with E-state index < -0.39 is 11.4 Å². The minimum atomic E-state index is -0.781. The Hall–Kier alpha value is -4.37. The number of benzene rings is 3. The van der Waals surface area contributed by atoms with Gasteiger partial charge in [0.2, 0.25) is 0 Å². The average molecular weight is 476 g/mol. The molecule has 4 aromatic rings. The minimum Gasteiger partial charge on any atom is -0.489 e. The van der Waals surface area contributed by atoms with E-state index in [1.807, 2.05) is 41.4 Å². The summed E-state index contributed by atoms with van der Waals surface area (Å²) >= 11 is 0. The number of aromatic amines is 1. The van der Waals surface area contributed by atoms with E-state index in [1.54, 1.807) is 43.5 Å². The molecule has 0 radical (unpaired) electrons. The second kappa shape index (κ2) is 11.2. The van der Waals surface area contributed by atoms with Gasteiger partial charge in [-0.05, 0) is 52.6 Å². The molecule has 1 aromatic heterocycles. The predicted octanol–water partition coefficient (Wildman–Crippen LogP) is 2.80. The average Bonchev–Trinajstić information content (AvgIpc) is 3.20. The summed E-state index contributed by atoms with van der Waals surface area (Å²) in [4.78, 5) is 36.9. The Morgan fingerprint density at radius 3 is 2.43 bits per heavy atom. The molecule has 0 aliphatic rings. The van der Waals surface area contributed by atoms with Crippen molar-refractivity contribution in [1.29, 1.82) is 0 Å². The fraction of sp³-hybridized carbons (Fsp3) is 0.192. The van der Waals surface area contributed by atoms with E-state index in [0.717, 1.165) is 27.0 Å². The number of methoxy groups -OCH3 is 1. The summed E-state index contributed by atoms with van der Waals surface area (Å²) in [5, 5.41) is 2.81. The van der Waals surface area contributed by atoms with Crippen molar-refractivity contribution < 1.29 is 18.8 Å². The normalized spacial score (nSPS) is 10.8. The zero-order valence-electron chi connectivity index (χ0n) is 19.2. The van der Waals surface area contributed by atoms with Crippen molar-refractivity contribution in [3.05, 3.63) is 111 Å². The molecular weight excluding hydrogens is 450 g/mol. The van der Waals surface area contributed by atoms with Crippen LogP contribution in [0.3, 0.4) is 0 Å². The summed E-state index contributed by atoms with van der Waals surface area (Å²) in [6, 6.07) is 22.6. The molecule has 1 heterocycles. The molecular formula is C26H25N3O6. The molecule has 0 atom stereocenters. The third kappa shape index (κ3) is 6.36. The lowest BCUT2D eigenvalue weighted by molar-refractivity contribution is 0.0937. The van der Waals surface area contributed by atoms with Gasteiger partial charge in [0.05, 0.1) is 13.2 Å². The van der Waals surface area contributed by atoms with Gasteiger partial charge < -0.3 is 19.3 Å². The van der Waals surface area contributed by atoms with Gasteiger partial charge in [-0.25, -0.2) is 14.6 Å². The second-order valence-electron chi connectivity index (χ2n) is 7.80. The van der Waals surface area contributed by atoms with Crippen LogP contribution in [0.2, 0.25) is 0 Å². The lowest BCUT2D eigenvalue weighted by Crippen LogP contribution is -2.26. The molecule has 0 saturated heterocycles. The van der Waals surface area contributed by atoms with Crippen LogP contribution in [0.1, 0.15) is 21.5 Å². The monoisotopic (exact) mass is 475 g/mol. The molecule has 9 heteroatoms. The van der Waals surface area contributed by atoms with Gasteiger partial charge in [-0.3, -0.25) is 4.79 Å². The van der Waals surface area contributed by atoms with E-state index in [0.29, 0.717) is 31.1 Å². The molecule has 2 N–H and O–H groups in total. The van der Waals surface area contributed by atoms with Crippen molar-refractivity contribution in [2.45, 2.75) is 13.2 Å². The van der Waals surface area contributed by atoms with Crippen LogP contribution in [0, 0.1) is 0 Å². The molecule has 4 rings (SSSR count). The molecule has 0 fully saturated rings. The van der Waals surface area contributed by atoms with E-state index >= 15 is 0 Å². The van der Waals surface area contributed by atoms with Crippen LogP contribution < -0.4 is 21.5 Å². The van der Waals surface area contributed by atoms with Crippen molar-refractivity contribution >= 4 is 5.91 Å². The highest BCUT2D eigenvalue weighted by molar-refractivity contribution is 5.94.